The van der Waals surface area contributed by atoms with Crippen molar-refractivity contribution in [3.05, 3.63) is 12.2 Å². The minimum absolute atomic E-state index is 0.130. The van der Waals surface area contributed by atoms with Crippen LogP contribution in [0.3, 0.4) is 0 Å². The molecule has 2 nitrogen and oxygen atoms in total. The molecule has 2 aliphatic carbocycles. The Kier molecular flexibility index (Phi) is 1.51. The summed E-state index contributed by atoms with van der Waals surface area (Å²) in [4.78, 5) is 0. The van der Waals surface area contributed by atoms with E-state index in [4.69, 9.17) is 5.11 Å². The average Bonchev–Trinajstić information content (AvgIpc) is 2.66. The summed E-state index contributed by atoms with van der Waals surface area (Å²) in [6.45, 7) is 0.130. The molecule has 1 fully saturated rings. The molecular formula is C8H13NO. The lowest BCUT2D eigenvalue weighted by Gasteiger charge is -1.97. The zero-order valence-electron chi connectivity index (χ0n) is 5.96. The second-order valence-electron chi connectivity index (χ2n) is 3.13. The molecule has 0 amide bonds. The summed E-state index contributed by atoms with van der Waals surface area (Å²) in [7, 11) is 0. The molecule has 2 heteroatoms. The fraction of sp³-hybridized carbons (Fsp3) is 0.750. The topological polar surface area (TPSA) is 32.3 Å². The molecule has 0 aromatic heterocycles. The molecule has 0 saturated heterocycles. The van der Waals surface area contributed by atoms with Crippen LogP contribution in [-0.2, 0) is 0 Å². The summed E-state index contributed by atoms with van der Waals surface area (Å²) in [5.41, 5.74) is 0. The van der Waals surface area contributed by atoms with Crippen molar-refractivity contribution in [2.24, 2.45) is 11.8 Å². The van der Waals surface area contributed by atoms with Crippen LogP contribution in [-0.4, -0.2) is 17.9 Å². The Hall–Kier alpha value is -0.340. The van der Waals surface area contributed by atoms with Crippen molar-refractivity contribution in [3.63, 3.8) is 0 Å². The lowest BCUT2D eigenvalue weighted by molar-refractivity contribution is 0.255. The van der Waals surface area contributed by atoms with Crippen LogP contribution in [0.4, 0.5) is 0 Å². The van der Waals surface area contributed by atoms with Gasteiger partial charge in [0.2, 0.25) is 0 Å². The molecule has 0 heterocycles. The molecular weight excluding hydrogens is 126 g/mol. The Morgan fingerprint density at radius 2 is 2.50 bits per heavy atom. The van der Waals surface area contributed by atoms with Crippen LogP contribution in [0.5, 0.6) is 0 Å². The molecule has 0 radical (unpaired) electrons. The van der Waals surface area contributed by atoms with E-state index >= 15 is 0 Å². The summed E-state index contributed by atoms with van der Waals surface area (Å²) in [6, 6.07) is 0.587. The predicted molar refractivity (Wildman–Crippen MR) is 39.4 cm³/mol. The van der Waals surface area contributed by atoms with Crippen LogP contribution in [0.2, 0.25) is 0 Å². The first-order valence-corrected chi connectivity index (χ1v) is 3.94. The first-order valence-electron chi connectivity index (χ1n) is 3.94. The Labute approximate surface area is 60.9 Å². The highest BCUT2D eigenvalue weighted by atomic mass is 16.3. The fourth-order valence-electron chi connectivity index (χ4n) is 1.97. The van der Waals surface area contributed by atoms with Crippen molar-refractivity contribution in [1.29, 1.82) is 0 Å². The molecule has 0 aromatic rings. The zero-order valence-corrected chi connectivity index (χ0v) is 5.96. The van der Waals surface area contributed by atoms with Gasteiger partial charge < -0.3 is 5.11 Å². The third-order valence-corrected chi connectivity index (χ3v) is 2.58. The number of nitrogens with one attached hydrogen (secondary N) is 1. The molecule has 2 unspecified atom stereocenters. The van der Waals surface area contributed by atoms with Crippen molar-refractivity contribution in [2.75, 3.05) is 6.73 Å². The van der Waals surface area contributed by atoms with Gasteiger partial charge in [-0.05, 0) is 24.7 Å². The van der Waals surface area contributed by atoms with E-state index in [9.17, 15) is 0 Å². The maximum absolute atomic E-state index is 8.59. The first kappa shape index (κ1) is 6.38. The standard InChI is InChI=1S/C8H13NO/c10-5-9-8-6-3-1-2-4-7(6)8/h1,3,6-10H,2,4-5H2/t6-,7?,8?/m0/s1. The lowest BCUT2D eigenvalue weighted by Crippen LogP contribution is -2.19. The number of aliphatic hydroxyl groups excluding tert-OH is 1. The monoisotopic (exact) mass is 139 g/mol. The van der Waals surface area contributed by atoms with E-state index in [1.807, 2.05) is 0 Å². The van der Waals surface area contributed by atoms with Crippen LogP contribution < -0.4 is 5.32 Å². The molecule has 1 saturated carbocycles. The van der Waals surface area contributed by atoms with Crippen LogP contribution >= 0.6 is 0 Å². The number of hydrogen-bond donors (Lipinski definition) is 2. The van der Waals surface area contributed by atoms with Crippen LogP contribution in [0.25, 0.3) is 0 Å². The predicted octanol–water partition coefficient (Wildman–Crippen LogP) is 0.490. The van der Waals surface area contributed by atoms with Crippen molar-refractivity contribution < 1.29 is 5.11 Å². The van der Waals surface area contributed by atoms with E-state index < -0.39 is 0 Å². The van der Waals surface area contributed by atoms with Gasteiger partial charge in [-0.15, -0.1) is 0 Å². The number of fused-ring (bicyclic) bond motifs is 1. The second-order valence-corrected chi connectivity index (χ2v) is 3.13. The van der Waals surface area contributed by atoms with Gasteiger partial charge in [-0.1, -0.05) is 12.2 Å². The van der Waals surface area contributed by atoms with Gasteiger partial charge in [0.25, 0.3) is 0 Å². The zero-order chi connectivity index (χ0) is 6.97. The maximum Gasteiger partial charge on any atom is 0.0933 e. The van der Waals surface area contributed by atoms with Gasteiger partial charge in [0.1, 0.15) is 0 Å². The molecule has 2 rings (SSSR count). The largest absolute Gasteiger partial charge is 0.381 e. The number of aliphatic hydroxyl groups is 1. The summed E-state index contributed by atoms with van der Waals surface area (Å²) in [6.07, 6.45) is 7.06. The van der Waals surface area contributed by atoms with Gasteiger partial charge in [0.05, 0.1) is 6.73 Å². The molecule has 2 aliphatic rings. The molecule has 56 valence electrons. The van der Waals surface area contributed by atoms with Gasteiger partial charge >= 0.3 is 0 Å². The minimum atomic E-state index is 0.130. The maximum atomic E-state index is 8.59. The quantitative estimate of drug-likeness (QED) is 0.431. The Morgan fingerprint density at radius 1 is 1.60 bits per heavy atom. The fourth-order valence-corrected chi connectivity index (χ4v) is 1.97. The van der Waals surface area contributed by atoms with E-state index in [0.717, 1.165) is 11.8 Å². The first-order chi connectivity index (χ1) is 4.93. The SMILES string of the molecule is OCNC1C2CCC=C[C@@H]21. The van der Waals surface area contributed by atoms with E-state index in [2.05, 4.69) is 17.5 Å². The third-order valence-electron chi connectivity index (χ3n) is 2.58. The molecule has 2 N–H and O–H groups in total. The van der Waals surface area contributed by atoms with Gasteiger partial charge in [0, 0.05) is 6.04 Å². The number of rotatable bonds is 2. The highest BCUT2D eigenvalue weighted by Gasteiger charge is 2.48. The van der Waals surface area contributed by atoms with E-state index in [-0.39, 0.29) is 6.73 Å². The molecule has 3 atom stereocenters. The van der Waals surface area contributed by atoms with E-state index in [0.29, 0.717) is 6.04 Å². The Bertz CT molecular complexity index is 155. The number of allylic oxidation sites excluding steroid dienone is 1. The van der Waals surface area contributed by atoms with Crippen LogP contribution in [0, 0.1) is 11.8 Å². The van der Waals surface area contributed by atoms with Gasteiger partial charge in [-0.3, -0.25) is 5.32 Å². The molecule has 0 aromatic carbocycles. The summed E-state index contributed by atoms with van der Waals surface area (Å²) >= 11 is 0. The van der Waals surface area contributed by atoms with Crippen molar-refractivity contribution in [1.82, 2.24) is 5.32 Å². The summed E-state index contributed by atoms with van der Waals surface area (Å²) in [5, 5.41) is 11.7. The smallest absolute Gasteiger partial charge is 0.0933 e. The van der Waals surface area contributed by atoms with Crippen LogP contribution in [0.1, 0.15) is 12.8 Å². The minimum Gasteiger partial charge on any atom is -0.381 e. The second kappa shape index (κ2) is 2.36. The van der Waals surface area contributed by atoms with Crippen LogP contribution in [0.15, 0.2) is 12.2 Å². The van der Waals surface area contributed by atoms with Gasteiger partial charge in [0.15, 0.2) is 0 Å². The summed E-state index contributed by atoms with van der Waals surface area (Å²) in [5.74, 6) is 1.57. The van der Waals surface area contributed by atoms with E-state index in [1.54, 1.807) is 0 Å². The van der Waals surface area contributed by atoms with Gasteiger partial charge in [-0.25, -0.2) is 0 Å². The number of hydrogen-bond acceptors (Lipinski definition) is 2. The Morgan fingerprint density at radius 3 is 3.10 bits per heavy atom. The molecule has 0 bridgehead atoms. The van der Waals surface area contributed by atoms with Gasteiger partial charge in [-0.2, -0.15) is 0 Å². The van der Waals surface area contributed by atoms with Crippen molar-refractivity contribution >= 4 is 0 Å². The molecule has 0 spiro atoms. The molecule has 10 heavy (non-hydrogen) atoms. The van der Waals surface area contributed by atoms with Crippen molar-refractivity contribution in [2.45, 2.75) is 18.9 Å². The lowest BCUT2D eigenvalue weighted by atomic mass is 10.1. The van der Waals surface area contributed by atoms with Crippen molar-refractivity contribution in [3.8, 4) is 0 Å². The Balaban J connectivity index is 1.90. The normalized spacial score (nSPS) is 43.1. The average molecular weight is 139 g/mol. The van der Waals surface area contributed by atoms with E-state index in [1.165, 1.54) is 12.8 Å². The highest BCUT2D eigenvalue weighted by molar-refractivity contribution is 5.16. The highest BCUT2D eigenvalue weighted by Crippen LogP contribution is 2.46. The molecule has 0 aliphatic heterocycles. The third kappa shape index (κ3) is 0.879. The summed E-state index contributed by atoms with van der Waals surface area (Å²) < 4.78 is 0.